The number of ether oxygens (including phenoxy) is 1. The Labute approximate surface area is 117 Å². The number of furan rings is 1. The molecule has 3 rings (SSSR count). The van der Waals surface area contributed by atoms with Gasteiger partial charge in [0.15, 0.2) is 11.3 Å². The number of rotatable bonds is 3. The van der Waals surface area contributed by atoms with Gasteiger partial charge in [0.25, 0.3) is 0 Å². The van der Waals surface area contributed by atoms with Gasteiger partial charge in [0.2, 0.25) is 0 Å². The number of halogens is 1. The maximum Gasteiger partial charge on any atom is 0.177 e. The highest BCUT2D eigenvalue weighted by Gasteiger charge is 2.37. The van der Waals surface area contributed by atoms with Crippen molar-refractivity contribution in [1.29, 1.82) is 0 Å². The third kappa shape index (κ3) is 1.84. The SMILES string of the molecule is COc1cc(C2(CN)CCCC2)c(Cl)c2ccoc12. The fraction of sp³-hybridized carbons (Fsp3) is 0.467. The Morgan fingerprint density at radius 1 is 1.42 bits per heavy atom. The van der Waals surface area contributed by atoms with Gasteiger partial charge in [-0.05, 0) is 30.5 Å². The monoisotopic (exact) mass is 279 g/mol. The first-order valence-corrected chi connectivity index (χ1v) is 7.04. The first-order valence-electron chi connectivity index (χ1n) is 6.66. The Kier molecular flexibility index (Phi) is 3.19. The van der Waals surface area contributed by atoms with Crippen LogP contribution in [-0.2, 0) is 5.41 Å². The molecule has 2 N–H and O–H groups in total. The fourth-order valence-corrected chi connectivity index (χ4v) is 3.65. The van der Waals surface area contributed by atoms with Gasteiger partial charge in [-0.3, -0.25) is 0 Å². The van der Waals surface area contributed by atoms with Crippen LogP contribution in [0.15, 0.2) is 22.8 Å². The fourth-order valence-electron chi connectivity index (χ4n) is 3.25. The molecule has 1 aromatic heterocycles. The van der Waals surface area contributed by atoms with Crippen LogP contribution >= 0.6 is 11.6 Å². The molecular formula is C15H18ClNO2. The predicted molar refractivity (Wildman–Crippen MR) is 77.0 cm³/mol. The van der Waals surface area contributed by atoms with Crippen molar-refractivity contribution < 1.29 is 9.15 Å². The predicted octanol–water partition coefficient (Wildman–Crippen LogP) is 3.87. The van der Waals surface area contributed by atoms with Crippen molar-refractivity contribution in [3.8, 4) is 5.75 Å². The summed E-state index contributed by atoms with van der Waals surface area (Å²) in [6.07, 6.45) is 6.25. The first kappa shape index (κ1) is 12.8. The molecule has 0 saturated heterocycles. The number of hydrogen-bond acceptors (Lipinski definition) is 3. The van der Waals surface area contributed by atoms with Crippen LogP contribution < -0.4 is 10.5 Å². The molecule has 19 heavy (non-hydrogen) atoms. The van der Waals surface area contributed by atoms with E-state index in [1.54, 1.807) is 13.4 Å². The lowest BCUT2D eigenvalue weighted by atomic mass is 9.78. The number of nitrogens with two attached hydrogens (primary N) is 1. The summed E-state index contributed by atoms with van der Waals surface area (Å²) in [5.41, 5.74) is 7.87. The zero-order valence-corrected chi connectivity index (χ0v) is 11.8. The molecule has 1 aliphatic rings. The van der Waals surface area contributed by atoms with Gasteiger partial charge in [0, 0.05) is 17.3 Å². The molecule has 0 radical (unpaired) electrons. The van der Waals surface area contributed by atoms with Crippen LogP contribution in [0.3, 0.4) is 0 Å². The van der Waals surface area contributed by atoms with Crippen molar-refractivity contribution in [2.45, 2.75) is 31.1 Å². The Morgan fingerprint density at radius 2 is 2.16 bits per heavy atom. The Balaban J connectivity index is 2.25. The van der Waals surface area contributed by atoms with Gasteiger partial charge in [-0.15, -0.1) is 0 Å². The highest BCUT2D eigenvalue weighted by atomic mass is 35.5. The summed E-state index contributed by atoms with van der Waals surface area (Å²) in [6, 6.07) is 3.90. The van der Waals surface area contributed by atoms with Crippen molar-refractivity contribution in [1.82, 2.24) is 0 Å². The average Bonchev–Trinajstić information content (AvgIpc) is 3.09. The van der Waals surface area contributed by atoms with Gasteiger partial charge in [0.05, 0.1) is 18.4 Å². The van der Waals surface area contributed by atoms with E-state index < -0.39 is 0 Å². The summed E-state index contributed by atoms with van der Waals surface area (Å²) in [4.78, 5) is 0. The van der Waals surface area contributed by atoms with E-state index in [9.17, 15) is 0 Å². The molecule has 0 spiro atoms. The van der Waals surface area contributed by atoms with Crippen LogP contribution in [0.1, 0.15) is 31.2 Å². The highest BCUT2D eigenvalue weighted by molar-refractivity contribution is 6.36. The van der Waals surface area contributed by atoms with Crippen LogP contribution in [0.25, 0.3) is 11.0 Å². The summed E-state index contributed by atoms with van der Waals surface area (Å²) in [5, 5.41) is 1.67. The molecule has 0 unspecified atom stereocenters. The molecule has 1 fully saturated rings. The molecular weight excluding hydrogens is 262 g/mol. The summed E-state index contributed by atoms with van der Waals surface area (Å²) in [7, 11) is 1.65. The van der Waals surface area contributed by atoms with Gasteiger partial charge in [-0.2, -0.15) is 0 Å². The largest absolute Gasteiger partial charge is 0.493 e. The summed E-state index contributed by atoms with van der Waals surface area (Å²) >= 11 is 6.59. The summed E-state index contributed by atoms with van der Waals surface area (Å²) in [5.74, 6) is 0.735. The molecule has 4 heteroatoms. The van der Waals surface area contributed by atoms with E-state index in [1.807, 2.05) is 12.1 Å². The zero-order valence-electron chi connectivity index (χ0n) is 11.0. The Hall–Kier alpha value is -1.19. The van der Waals surface area contributed by atoms with Gasteiger partial charge in [-0.25, -0.2) is 0 Å². The molecule has 1 saturated carbocycles. The average molecular weight is 280 g/mol. The topological polar surface area (TPSA) is 48.4 Å². The molecule has 102 valence electrons. The van der Waals surface area contributed by atoms with Crippen LogP contribution in [0.5, 0.6) is 5.75 Å². The van der Waals surface area contributed by atoms with Crippen molar-refractivity contribution in [2.24, 2.45) is 5.73 Å². The van der Waals surface area contributed by atoms with E-state index in [0.717, 1.165) is 34.6 Å². The maximum atomic E-state index is 6.59. The third-order valence-electron chi connectivity index (χ3n) is 4.38. The second-order valence-electron chi connectivity index (χ2n) is 5.30. The molecule has 0 amide bonds. The normalized spacial score (nSPS) is 18.1. The van der Waals surface area contributed by atoms with Gasteiger partial charge in [-0.1, -0.05) is 24.4 Å². The van der Waals surface area contributed by atoms with E-state index in [4.69, 9.17) is 26.5 Å². The Morgan fingerprint density at radius 3 is 2.79 bits per heavy atom. The van der Waals surface area contributed by atoms with Crippen LogP contribution in [0, 0.1) is 0 Å². The number of benzene rings is 1. The van der Waals surface area contributed by atoms with Crippen LogP contribution in [-0.4, -0.2) is 13.7 Å². The molecule has 1 aliphatic carbocycles. The first-order chi connectivity index (χ1) is 9.22. The van der Waals surface area contributed by atoms with E-state index in [1.165, 1.54) is 12.8 Å². The van der Waals surface area contributed by atoms with Gasteiger partial charge < -0.3 is 14.9 Å². The summed E-state index contributed by atoms with van der Waals surface area (Å²) < 4.78 is 10.9. The van der Waals surface area contributed by atoms with E-state index in [0.29, 0.717) is 12.1 Å². The number of hydrogen-bond donors (Lipinski definition) is 1. The van der Waals surface area contributed by atoms with E-state index in [2.05, 4.69) is 0 Å². The van der Waals surface area contributed by atoms with Crippen molar-refractivity contribution in [3.05, 3.63) is 29.0 Å². The standard InChI is InChI=1S/C15H18ClNO2/c1-18-12-8-11(15(9-17)5-2-3-6-15)13(16)10-4-7-19-14(10)12/h4,7-8H,2-3,5-6,9,17H2,1H3. The molecule has 1 aromatic carbocycles. The highest BCUT2D eigenvalue weighted by Crippen LogP contribution is 2.47. The summed E-state index contributed by atoms with van der Waals surface area (Å²) in [6.45, 7) is 0.624. The molecule has 2 aromatic rings. The number of methoxy groups -OCH3 is 1. The van der Waals surface area contributed by atoms with Gasteiger partial charge >= 0.3 is 0 Å². The van der Waals surface area contributed by atoms with E-state index in [-0.39, 0.29) is 5.41 Å². The minimum atomic E-state index is -0.00414. The van der Waals surface area contributed by atoms with Crippen molar-refractivity contribution in [2.75, 3.05) is 13.7 Å². The molecule has 0 aliphatic heterocycles. The molecule has 0 atom stereocenters. The minimum Gasteiger partial charge on any atom is -0.493 e. The third-order valence-corrected chi connectivity index (χ3v) is 4.79. The maximum absolute atomic E-state index is 6.59. The minimum absolute atomic E-state index is 0.00414. The number of fused-ring (bicyclic) bond motifs is 1. The van der Waals surface area contributed by atoms with E-state index >= 15 is 0 Å². The smallest absolute Gasteiger partial charge is 0.177 e. The van der Waals surface area contributed by atoms with Crippen molar-refractivity contribution in [3.63, 3.8) is 0 Å². The second kappa shape index (κ2) is 4.73. The molecule has 1 heterocycles. The second-order valence-corrected chi connectivity index (χ2v) is 5.67. The van der Waals surface area contributed by atoms with Gasteiger partial charge in [0.1, 0.15) is 0 Å². The van der Waals surface area contributed by atoms with Crippen molar-refractivity contribution >= 4 is 22.6 Å². The Bertz CT molecular complexity index is 599. The quantitative estimate of drug-likeness (QED) is 0.928. The van der Waals surface area contributed by atoms with Crippen LogP contribution in [0.2, 0.25) is 5.02 Å². The lowest BCUT2D eigenvalue weighted by molar-refractivity contribution is 0.404. The van der Waals surface area contributed by atoms with Crippen LogP contribution in [0.4, 0.5) is 0 Å². The molecule has 0 bridgehead atoms. The zero-order chi connectivity index (χ0) is 13.5. The molecule has 3 nitrogen and oxygen atoms in total. The lowest BCUT2D eigenvalue weighted by Gasteiger charge is -2.29. The lowest BCUT2D eigenvalue weighted by Crippen LogP contribution is -2.32.